The van der Waals surface area contributed by atoms with Gasteiger partial charge in [-0.3, -0.25) is 14.6 Å². The number of H-pyrrole nitrogens is 2. The number of rotatable bonds is 5. The van der Waals surface area contributed by atoms with Gasteiger partial charge in [0.05, 0.1) is 23.2 Å². The van der Waals surface area contributed by atoms with Crippen LogP contribution in [0.25, 0.3) is 10.9 Å². The van der Waals surface area contributed by atoms with Crippen molar-refractivity contribution in [2.24, 2.45) is 0 Å². The van der Waals surface area contributed by atoms with Crippen molar-refractivity contribution in [3.05, 3.63) is 63.2 Å². The number of benzene rings is 2. The molecule has 0 fully saturated rings. The van der Waals surface area contributed by atoms with E-state index < -0.39 is 0 Å². The summed E-state index contributed by atoms with van der Waals surface area (Å²) in [7, 11) is 0. The Kier molecular flexibility index (Phi) is 4.95. The van der Waals surface area contributed by atoms with E-state index in [9.17, 15) is 9.59 Å². The lowest BCUT2D eigenvalue weighted by Crippen LogP contribution is -2.14. The van der Waals surface area contributed by atoms with Gasteiger partial charge in [0, 0.05) is 5.56 Å². The van der Waals surface area contributed by atoms with Gasteiger partial charge in [-0.2, -0.15) is 0 Å². The minimum absolute atomic E-state index is 0.216. The highest BCUT2D eigenvalue weighted by atomic mass is 32.1. The summed E-state index contributed by atoms with van der Waals surface area (Å²) in [6.07, 6.45) is 0.876. The van der Waals surface area contributed by atoms with E-state index in [0.717, 1.165) is 6.42 Å². The van der Waals surface area contributed by atoms with E-state index in [1.54, 1.807) is 24.3 Å². The fourth-order valence-corrected chi connectivity index (χ4v) is 2.62. The number of amides is 1. The molecule has 0 aliphatic carbocycles. The topological polar surface area (TPSA) is 87.0 Å². The number of carbonyl (C=O) groups excluding carboxylic acids is 1. The van der Waals surface area contributed by atoms with Gasteiger partial charge in [-0.15, -0.1) is 0 Å². The predicted octanol–water partition coefficient (Wildman–Crippen LogP) is 3.63. The first-order valence-electron chi connectivity index (χ1n) is 7.88. The second-order valence-corrected chi connectivity index (χ2v) is 5.88. The van der Waals surface area contributed by atoms with Crippen molar-refractivity contribution in [1.29, 1.82) is 0 Å². The van der Waals surface area contributed by atoms with Gasteiger partial charge < -0.3 is 15.0 Å². The SMILES string of the molecule is CCCOc1ccccc1NC(=O)c1ccc2c(=O)[nH]c(=S)[nH]c2c1. The van der Waals surface area contributed by atoms with Gasteiger partial charge in [0.1, 0.15) is 5.75 Å². The standard InChI is InChI=1S/C18H17N3O3S/c1-2-9-24-15-6-4-3-5-13(15)19-16(22)11-7-8-12-14(10-11)20-18(25)21-17(12)23/h3-8,10H,2,9H2,1H3,(H,19,22)(H2,20,21,23,25). The van der Waals surface area contributed by atoms with Crippen molar-refractivity contribution in [3.8, 4) is 5.75 Å². The lowest BCUT2D eigenvalue weighted by atomic mass is 10.1. The van der Waals surface area contributed by atoms with Crippen LogP contribution in [0.4, 0.5) is 5.69 Å². The molecule has 0 bridgehead atoms. The molecular formula is C18H17N3O3S. The van der Waals surface area contributed by atoms with Crippen LogP contribution in [-0.2, 0) is 0 Å². The highest BCUT2D eigenvalue weighted by Gasteiger charge is 2.11. The first-order chi connectivity index (χ1) is 12.1. The summed E-state index contributed by atoms with van der Waals surface area (Å²) in [6.45, 7) is 2.59. The molecule has 1 aromatic heterocycles. The number of ether oxygens (including phenoxy) is 1. The molecule has 0 saturated carbocycles. The van der Waals surface area contributed by atoms with Gasteiger partial charge in [0.25, 0.3) is 11.5 Å². The van der Waals surface area contributed by atoms with Crippen LogP contribution in [0.1, 0.15) is 23.7 Å². The number of fused-ring (bicyclic) bond motifs is 1. The van der Waals surface area contributed by atoms with E-state index in [-0.39, 0.29) is 16.2 Å². The highest BCUT2D eigenvalue weighted by Crippen LogP contribution is 2.24. The summed E-state index contributed by atoms with van der Waals surface area (Å²) < 4.78 is 5.86. The fourth-order valence-electron chi connectivity index (χ4n) is 2.41. The van der Waals surface area contributed by atoms with Crippen molar-refractivity contribution in [2.75, 3.05) is 11.9 Å². The average molecular weight is 355 g/mol. The second kappa shape index (κ2) is 7.31. The Balaban J connectivity index is 1.90. The molecule has 0 radical (unpaired) electrons. The Hall–Kier alpha value is -2.93. The molecule has 1 amide bonds. The maximum Gasteiger partial charge on any atom is 0.259 e. The average Bonchev–Trinajstić information content (AvgIpc) is 2.60. The molecule has 3 rings (SSSR count). The number of carbonyl (C=O) groups is 1. The minimum atomic E-state index is -0.297. The van der Waals surface area contributed by atoms with Gasteiger partial charge in [-0.05, 0) is 49.0 Å². The first kappa shape index (κ1) is 16.9. The van der Waals surface area contributed by atoms with E-state index in [0.29, 0.717) is 34.5 Å². The maximum absolute atomic E-state index is 12.6. The Bertz CT molecular complexity index is 1040. The Labute approximate surface area is 148 Å². The van der Waals surface area contributed by atoms with Crippen molar-refractivity contribution in [3.63, 3.8) is 0 Å². The summed E-state index contributed by atoms with van der Waals surface area (Å²) in [5, 5.41) is 3.28. The fraction of sp³-hybridized carbons (Fsp3) is 0.167. The van der Waals surface area contributed by atoms with Crippen molar-refractivity contribution >= 4 is 34.7 Å². The van der Waals surface area contributed by atoms with Crippen LogP contribution in [0.15, 0.2) is 47.3 Å². The largest absolute Gasteiger partial charge is 0.491 e. The van der Waals surface area contributed by atoms with Crippen molar-refractivity contribution < 1.29 is 9.53 Å². The van der Waals surface area contributed by atoms with Gasteiger partial charge in [0.15, 0.2) is 4.77 Å². The third kappa shape index (κ3) is 3.77. The van der Waals surface area contributed by atoms with Gasteiger partial charge in [-0.25, -0.2) is 0 Å². The van der Waals surface area contributed by atoms with E-state index in [1.165, 1.54) is 0 Å². The van der Waals surface area contributed by atoms with Crippen LogP contribution in [0, 0.1) is 4.77 Å². The Morgan fingerprint density at radius 1 is 1.20 bits per heavy atom. The van der Waals surface area contributed by atoms with Gasteiger partial charge in [0.2, 0.25) is 0 Å². The first-order valence-corrected chi connectivity index (χ1v) is 8.29. The third-order valence-corrected chi connectivity index (χ3v) is 3.80. The lowest BCUT2D eigenvalue weighted by molar-refractivity contribution is 0.102. The Morgan fingerprint density at radius 2 is 2.00 bits per heavy atom. The molecule has 6 nitrogen and oxygen atoms in total. The summed E-state index contributed by atoms with van der Waals surface area (Å²) >= 11 is 4.97. The van der Waals surface area contributed by atoms with Crippen LogP contribution in [-0.4, -0.2) is 22.5 Å². The number of para-hydroxylation sites is 2. The maximum atomic E-state index is 12.6. The molecule has 3 aromatic rings. The second-order valence-electron chi connectivity index (χ2n) is 5.47. The lowest BCUT2D eigenvalue weighted by Gasteiger charge is -2.12. The molecule has 25 heavy (non-hydrogen) atoms. The predicted molar refractivity (Wildman–Crippen MR) is 99.9 cm³/mol. The molecule has 0 spiro atoms. The molecule has 0 atom stereocenters. The quantitative estimate of drug-likeness (QED) is 0.610. The molecule has 0 aliphatic heterocycles. The molecule has 128 valence electrons. The molecule has 0 saturated heterocycles. The molecule has 3 N–H and O–H groups in total. The van der Waals surface area contributed by atoms with Crippen LogP contribution in [0.5, 0.6) is 5.75 Å². The number of aromatic amines is 2. The third-order valence-electron chi connectivity index (χ3n) is 3.60. The number of nitrogens with one attached hydrogen (secondary N) is 3. The van der Waals surface area contributed by atoms with E-state index in [2.05, 4.69) is 15.3 Å². The zero-order chi connectivity index (χ0) is 17.8. The van der Waals surface area contributed by atoms with Crippen molar-refractivity contribution in [2.45, 2.75) is 13.3 Å². The molecule has 0 aliphatic rings. The number of anilines is 1. The van der Waals surface area contributed by atoms with Gasteiger partial charge in [-0.1, -0.05) is 19.1 Å². The zero-order valence-corrected chi connectivity index (χ0v) is 14.4. The summed E-state index contributed by atoms with van der Waals surface area (Å²) in [6, 6.07) is 12.1. The van der Waals surface area contributed by atoms with Crippen LogP contribution in [0.2, 0.25) is 0 Å². The monoisotopic (exact) mass is 355 g/mol. The minimum Gasteiger partial charge on any atom is -0.491 e. The van der Waals surface area contributed by atoms with Crippen molar-refractivity contribution in [1.82, 2.24) is 9.97 Å². The smallest absolute Gasteiger partial charge is 0.259 e. The normalized spacial score (nSPS) is 10.6. The molecule has 1 heterocycles. The van der Waals surface area contributed by atoms with E-state index in [4.69, 9.17) is 17.0 Å². The van der Waals surface area contributed by atoms with E-state index >= 15 is 0 Å². The number of hydrogen-bond donors (Lipinski definition) is 3. The molecular weight excluding hydrogens is 338 g/mol. The zero-order valence-electron chi connectivity index (χ0n) is 13.6. The van der Waals surface area contributed by atoms with Crippen LogP contribution < -0.4 is 15.6 Å². The summed E-state index contributed by atoms with van der Waals surface area (Å²) in [5.74, 6) is 0.323. The highest BCUT2D eigenvalue weighted by molar-refractivity contribution is 7.71. The number of aromatic nitrogens is 2. The summed E-state index contributed by atoms with van der Waals surface area (Å²) in [4.78, 5) is 29.8. The van der Waals surface area contributed by atoms with E-state index in [1.807, 2.05) is 25.1 Å². The van der Waals surface area contributed by atoms with Crippen LogP contribution in [0.3, 0.4) is 0 Å². The molecule has 0 unspecified atom stereocenters. The summed E-state index contributed by atoms with van der Waals surface area (Å²) in [5.41, 5.74) is 1.23. The van der Waals surface area contributed by atoms with Crippen LogP contribution >= 0.6 is 12.2 Å². The number of hydrogen-bond acceptors (Lipinski definition) is 4. The molecule has 7 heteroatoms. The van der Waals surface area contributed by atoms with Gasteiger partial charge >= 0.3 is 0 Å². The Morgan fingerprint density at radius 3 is 2.80 bits per heavy atom. The molecule has 2 aromatic carbocycles.